The second kappa shape index (κ2) is 10.7. The first kappa shape index (κ1) is 21.8. The fourth-order valence-corrected chi connectivity index (χ4v) is 3.72. The molecular formula is C23H28FN3O3. The van der Waals surface area contributed by atoms with Gasteiger partial charge in [-0.2, -0.15) is 0 Å². The minimum absolute atomic E-state index is 0.181. The number of hydrogen-bond acceptors (Lipinski definition) is 4. The molecule has 0 aromatic heterocycles. The minimum atomic E-state index is -0.417. The van der Waals surface area contributed by atoms with Crippen molar-refractivity contribution in [3.63, 3.8) is 0 Å². The van der Waals surface area contributed by atoms with Crippen LogP contribution in [0.15, 0.2) is 48.5 Å². The Morgan fingerprint density at radius 1 is 1.20 bits per heavy atom. The maximum absolute atomic E-state index is 13.1. The summed E-state index contributed by atoms with van der Waals surface area (Å²) in [5, 5.41) is 9.08. The number of anilines is 1. The molecule has 0 saturated carbocycles. The molecule has 2 atom stereocenters. The van der Waals surface area contributed by atoms with Crippen LogP contribution >= 0.6 is 0 Å². The van der Waals surface area contributed by atoms with Gasteiger partial charge in [0.15, 0.2) is 0 Å². The lowest BCUT2D eigenvalue weighted by Gasteiger charge is -2.30. The number of rotatable bonds is 7. The van der Waals surface area contributed by atoms with Crippen LogP contribution in [-0.4, -0.2) is 37.7 Å². The first-order valence-corrected chi connectivity index (χ1v) is 10.3. The lowest BCUT2D eigenvalue weighted by Crippen LogP contribution is -2.47. The Balaban J connectivity index is 1.45. The standard InChI is InChI=1S/C23H28FN3O3/c1-2-30-22(28)18-4-3-5-20(14-18)27-23(29)26-15-21-13-17(10-11-25-21)12-16-6-8-19(24)9-7-16/h3-9,14,17,21,25H,2,10-13,15H2,1H3,(H2,26,27,29)/t17-,21+/m0/s1. The van der Waals surface area contributed by atoms with Gasteiger partial charge in [0.25, 0.3) is 0 Å². The van der Waals surface area contributed by atoms with Crippen LogP contribution in [0.2, 0.25) is 0 Å². The first-order chi connectivity index (χ1) is 14.5. The molecule has 2 amide bonds. The minimum Gasteiger partial charge on any atom is -0.462 e. The van der Waals surface area contributed by atoms with Crippen LogP contribution in [0.5, 0.6) is 0 Å². The van der Waals surface area contributed by atoms with E-state index in [2.05, 4.69) is 16.0 Å². The predicted molar refractivity (Wildman–Crippen MR) is 114 cm³/mol. The molecule has 1 heterocycles. The van der Waals surface area contributed by atoms with Crippen LogP contribution in [0.25, 0.3) is 0 Å². The number of nitrogens with one attached hydrogen (secondary N) is 3. The number of piperidine rings is 1. The third-order valence-corrected chi connectivity index (χ3v) is 5.18. The molecule has 1 fully saturated rings. The summed E-state index contributed by atoms with van der Waals surface area (Å²) >= 11 is 0. The van der Waals surface area contributed by atoms with Gasteiger partial charge >= 0.3 is 12.0 Å². The predicted octanol–water partition coefficient (Wildman–Crippen LogP) is 3.73. The van der Waals surface area contributed by atoms with Gasteiger partial charge in [-0.15, -0.1) is 0 Å². The molecule has 1 aliphatic heterocycles. The zero-order chi connectivity index (χ0) is 21.3. The number of hydrogen-bond donors (Lipinski definition) is 3. The number of amides is 2. The van der Waals surface area contributed by atoms with Crippen LogP contribution in [0.4, 0.5) is 14.9 Å². The van der Waals surface area contributed by atoms with Crippen molar-refractivity contribution < 1.29 is 18.7 Å². The number of halogens is 1. The number of carbonyl (C=O) groups is 2. The monoisotopic (exact) mass is 413 g/mol. The average Bonchev–Trinajstić information content (AvgIpc) is 2.75. The summed E-state index contributed by atoms with van der Waals surface area (Å²) in [4.78, 5) is 24.1. The molecule has 0 bridgehead atoms. The highest BCUT2D eigenvalue weighted by molar-refractivity contribution is 5.93. The van der Waals surface area contributed by atoms with Gasteiger partial charge in [-0.1, -0.05) is 18.2 Å². The van der Waals surface area contributed by atoms with E-state index in [1.54, 1.807) is 31.2 Å². The third-order valence-electron chi connectivity index (χ3n) is 5.18. The van der Waals surface area contributed by atoms with Crippen molar-refractivity contribution in [1.82, 2.24) is 10.6 Å². The summed E-state index contributed by atoms with van der Waals surface area (Å²) in [5.41, 5.74) is 2.06. The maximum Gasteiger partial charge on any atom is 0.338 e. The van der Waals surface area contributed by atoms with E-state index in [1.807, 2.05) is 12.1 Å². The second-order valence-electron chi connectivity index (χ2n) is 7.51. The molecule has 2 aromatic rings. The van der Waals surface area contributed by atoms with Gasteiger partial charge in [0.05, 0.1) is 12.2 Å². The van der Waals surface area contributed by atoms with Crippen LogP contribution in [-0.2, 0) is 11.2 Å². The molecule has 3 rings (SSSR count). The van der Waals surface area contributed by atoms with E-state index in [9.17, 15) is 14.0 Å². The van der Waals surface area contributed by atoms with Crippen molar-refractivity contribution in [2.75, 3.05) is 25.0 Å². The van der Waals surface area contributed by atoms with Crippen molar-refractivity contribution in [2.24, 2.45) is 5.92 Å². The van der Waals surface area contributed by atoms with Crippen molar-refractivity contribution in [3.05, 3.63) is 65.5 Å². The van der Waals surface area contributed by atoms with Gasteiger partial charge in [0.1, 0.15) is 5.82 Å². The van der Waals surface area contributed by atoms with Gasteiger partial charge in [-0.05, 0) is 74.5 Å². The van der Waals surface area contributed by atoms with E-state index < -0.39 is 5.97 Å². The van der Waals surface area contributed by atoms with Crippen LogP contribution in [0.1, 0.15) is 35.7 Å². The van der Waals surface area contributed by atoms with Crippen LogP contribution < -0.4 is 16.0 Å². The van der Waals surface area contributed by atoms with Gasteiger partial charge in [-0.25, -0.2) is 14.0 Å². The fourth-order valence-electron chi connectivity index (χ4n) is 3.72. The zero-order valence-corrected chi connectivity index (χ0v) is 17.1. The molecule has 0 spiro atoms. The Hall–Kier alpha value is -2.93. The molecule has 30 heavy (non-hydrogen) atoms. The highest BCUT2D eigenvalue weighted by atomic mass is 19.1. The Labute approximate surface area is 176 Å². The molecule has 7 heteroatoms. The van der Waals surface area contributed by atoms with Crippen molar-refractivity contribution in [2.45, 2.75) is 32.2 Å². The number of ether oxygens (including phenoxy) is 1. The largest absolute Gasteiger partial charge is 0.462 e. The summed E-state index contributed by atoms with van der Waals surface area (Å²) in [6.07, 6.45) is 2.90. The number of benzene rings is 2. The zero-order valence-electron chi connectivity index (χ0n) is 17.1. The highest BCUT2D eigenvalue weighted by Crippen LogP contribution is 2.21. The van der Waals surface area contributed by atoms with Crippen LogP contribution in [0.3, 0.4) is 0 Å². The first-order valence-electron chi connectivity index (χ1n) is 10.3. The van der Waals surface area contributed by atoms with Crippen molar-refractivity contribution in [1.29, 1.82) is 0 Å². The smallest absolute Gasteiger partial charge is 0.338 e. The van der Waals surface area contributed by atoms with E-state index >= 15 is 0 Å². The van der Waals surface area contributed by atoms with Gasteiger partial charge in [-0.3, -0.25) is 0 Å². The Morgan fingerprint density at radius 2 is 2.00 bits per heavy atom. The van der Waals surface area contributed by atoms with Crippen molar-refractivity contribution in [3.8, 4) is 0 Å². The maximum atomic E-state index is 13.1. The van der Waals surface area contributed by atoms with E-state index in [4.69, 9.17) is 4.74 Å². The Bertz CT molecular complexity index is 857. The van der Waals surface area contributed by atoms with Crippen LogP contribution in [0, 0.1) is 11.7 Å². The average molecular weight is 413 g/mol. The summed E-state index contributed by atoms with van der Waals surface area (Å²) in [7, 11) is 0. The van der Waals surface area contributed by atoms with E-state index in [0.29, 0.717) is 30.3 Å². The molecule has 0 aliphatic carbocycles. The van der Waals surface area contributed by atoms with Crippen molar-refractivity contribution >= 4 is 17.7 Å². The highest BCUT2D eigenvalue weighted by Gasteiger charge is 2.22. The summed E-state index contributed by atoms with van der Waals surface area (Å²) < 4.78 is 18.1. The Kier molecular flexibility index (Phi) is 7.79. The summed E-state index contributed by atoms with van der Waals surface area (Å²) in [5.74, 6) is -0.141. The van der Waals surface area contributed by atoms with E-state index in [1.165, 1.54) is 12.1 Å². The van der Waals surface area contributed by atoms with Gasteiger partial charge in [0, 0.05) is 18.3 Å². The third kappa shape index (κ3) is 6.56. The summed E-state index contributed by atoms with van der Waals surface area (Å²) in [6, 6.07) is 13.2. The van der Waals surface area contributed by atoms with Gasteiger partial charge in [0.2, 0.25) is 0 Å². The molecule has 0 unspecified atom stereocenters. The summed E-state index contributed by atoms with van der Waals surface area (Å²) in [6.45, 7) is 3.44. The van der Waals surface area contributed by atoms with E-state index in [0.717, 1.165) is 31.4 Å². The number of urea groups is 1. The SMILES string of the molecule is CCOC(=O)c1cccc(NC(=O)NC[C@H]2C[C@H](Cc3ccc(F)cc3)CCN2)c1. The normalized spacial score (nSPS) is 18.5. The molecule has 0 radical (unpaired) electrons. The second-order valence-corrected chi connectivity index (χ2v) is 7.51. The van der Waals surface area contributed by atoms with Gasteiger partial charge < -0.3 is 20.7 Å². The number of esters is 1. The lowest BCUT2D eigenvalue weighted by molar-refractivity contribution is 0.0526. The molecule has 6 nitrogen and oxygen atoms in total. The lowest BCUT2D eigenvalue weighted by atomic mass is 9.87. The van der Waals surface area contributed by atoms with E-state index in [-0.39, 0.29) is 17.9 Å². The molecule has 1 aliphatic rings. The molecular weight excluding hydrogens is 385 g/mol. The molecule has 1 saturated heterocycles. The molecule has 160 valence electrons. The fraction of sp³-hybridized carbons (Fsp3) is 0.391. The molecule has 3 N–H and O–H groups in total. The Morgan fingerprint density at radius 3 is 2.77 bits per heavy atom. The quantitative estimate of drug-likeness (QED) is 0.605. The molecule has 2 aromatic carbocycles. The topological polar surface area (TPSA) is 79.5 Å². The number of carbonyl (C=O) groups excluding carboxylic acids is 2.